The molecule has 0 amide bonds. The van der Waals surface area contributed by atoms with Crippen LogP contribution in [-0.4, -0.2) is 11.0 Å². The number of oxazole rings is 1. The lowest BCUT2D eigenvalue weighted by Gasteiger charge is -2.04. The predicted molar refractivity (Wildman–Crippen MR) is 66.5 cm³/mol. The van der Waals surface area contributed by atoms with Gasteiger partial charge >= 0.3 is 0 Å². The third-order valence-corrected chi connectivity index (χ3v) is 3.20. The van der Waals surface area contributed by atoms with E-state index >= 15 is 0 Å². The average Bonchev–Trinajstić information content (AvgIpc) is 3.08. The van der Waals surface area contributed by atoms with Crippen molar-refractivity contribution in [1.82, 2.24) is 10.3 Å². The number of nitrogens with zero attached hydrogens (tertiary/aromatic N) is 1. The van der Waals surface area contributed by atoms with Gasteiger partial charge in [-0.2, -0.15) is 0 Å². The highest BCUT2D eigenvalue weighted by atomic mass is 19.1. The van der Waals surface area contributed by atoms with Crippen molar-refractivity contribution >= 4 is 0 Å². The molecule has 1 aliphatic carbocycles. The van der Waals surface area contributed by atoms with Crippen molar-refractivity contribution in [3.63, 3.8) is 0 Å². The van der Waals surface area contributed by atoms with Gasteiger partial charge in [0.05, 0.1) is 0 Å². The smallest absolute Gasteiger partial charge is 0.181 e. The van der Waals surface area contributed by atoms with Gasteiger partial charge in [-0.3, -0.25) is 0 Å². The largest absolute Gasteiger partial charge is 0.443 e. The van der Waals surface area contributed by atoms with E-state index in [1.54, 1.807) is 19.1 Å². The van der Waals surface area contributed by atoms with Crippen LogP contribution in [0.2, 0.25) is 0 Å². The number of halogens is 1. The molecule has 18 heavy (non-hydrogen) atoms. The Morgan fingerprint density at radius 1 is 1.44 bits per heavy atom. The van der Waals surface area contributed by atoms with E-state index in [9.17, 15) is 4.39 Å². The van der Waals surface area contributed by atoms with E-state index in [1.165, 1.54) is 25.3 Å². The van der Waals surface area contributed by atoms with Crippen LogP contribution >= 0.6 is 0 Å². The van der Waals surface area contributed by atoms with Gasteiger partial charge in [0, 0.05) is 18.2 Å². The van der Waals surface area contributed by atoms with Gasteiger partial charge < -0.3 is 9.73 Å². The molecule has 0 radical (unpaired) electrons. The van der Waals surface area contributed by atoms with E-state index in [0.717, 1.165) is 17.0 Å². The number of hydrogen-bond acceptors (Lipinski definition) is 3. The van der Waals surface area contributed by atoms with Crippen molar-refractivity contribution in [1.29, 1.82) is 0 Å². The molecule has 0 aliphatic heterocycles. The minimum atomic E-state index is -0.198. The summed E-state index contributed by atoms with van der Waals surface area (Å²) >= 11 is 0. The Bertz CT molecular complexity index is 561. The molecule has 3 nitrogen and oxygen atoms in total. The van der Waals surface area contributed by atoms with Crippen LogP contribution in [0.3, 0.4) is 0 Å². The number of benzene rings is 1. The van der Waals surface area contributed by atoms with E-state index < -0.39 is 0 Å². The highest BCUT2D eigenvalue weighted by Crippen LogP contribution is 2.26. The van der Waals surface area contributed by atoms with Crippen molar-refractivity contribution in [3.8, 4) is 11.3 Å². The molecule has 1 aromatic carbocycles. The summed E-state index contributed by atoms with van der Waals surface area (Å²) < 4.78 is 18.7. The Hall–Kier alpha value is -1.68. The van der Waals surface area contributed by atoms with Gasteiger partial charge in [0.2, 0.25) is 0 Å². The van der Waals surface area contributed by atoms with Crippen LogP contribution in [0.25, 0.3) is 11.3 Å². The molecule has 1 fully saturated rings. The Morgan fingerprint density at radius 3 is 3.00 bits per heavy atom. The third kappa shape index (κ3) is 2.29. The first-order valence-electron chi connectivity index (χ1n) is 6.16. The molecule has 1 aliphatic rings. The lowest BCUT2D eigenvalue weighted by molar-refractivity contribution is 0.568. The van der Waals surface area contributed by atoms with Crippen molar-refractivity contribution < 1.29 is 8.81 Å². The Morgan fingerprint density at radius 2 is 2.28 bits per heavy atom. The quantitative estimate of drug-likeness (QED) is 0.901. The normalized spacial score (nSPS) is 15.0. The molecule has 2 aromatic rings. The molecule has 0 atom stereocenters. The highest BCUT2D eigenvalue weighted by molar-refractivity contribution is 5.60. The molecule has 1 aromatic heterocycles. The number of hydrogen-bond donors (Lipinski definition) is 1. The molecule has 1 heterocycles. The van der Waals surface area contributed by atoms with Crippen molar-refractivity contribution in [2.75, 3.05) is 0 Å². The molecule has 0 saturated heterocycles. The van der Waals surface area contributed by atoms with Gasteiger partial charge in [0.15, 0.2) is 12.2 Å². The lowest BCUT2D eigenvalue weighted by atomic mass is 10.1. The standard InChI is InChI=1S/C14H15FN2O/c1-9-6-10(2-5-12(9)15)14-13(17-8-18-14)7-16-11-3-4-11/h2,5-6,8,11,16H,3-4,7H2,1H3. The third-order valence-electron chi connectivity index (χ3n) is 3.20. The van der Waals surface area contributed by atoms with Crippen molar-refractivity contribution in [2.24, 2.45) is 0 Å². The zero-order valence-corrected chi connectivity index (χ0v) is 10.2. The molecular weight excluding hydrogens is 231 g/mol. The van der Waals surface area contributed by atoms with Crippen LogP contribution < -0.4 is 5.32 Å². The predicted octanol–water partition coefficient (Wildman–Crippen LogP) is 3.04. The summed E-state index contributed by atoms with van der Waals surface area (Å²) in [6, 6.07) is 5.61. The Kier molecular flexibility index (Phi) is 2.88. The summed E-state index contributed by atoms with van der Waals surface area (Å²) in [5.74, 6) is 0.530. The maximum absolute atomic E-state index is 13.2. The summed E-state index contributed by atoms with van der Waals surface area (Å²) in [6.45, 7) is 2.45. The van der Waals surface area contributed by atoms with Crippen LogP contribution in [0.1, 0.15) is 24.1 Å². The fourth-order valence-corrected chi connectivity index (χ4v) is 1.94. The van der Waals surface area contributed by atoms with E-state index in [2.05, 4.69) is 10.3 Å². The summed E-state index contributed by atoms with van der Waals surface area (Å²) in [4.78, 5) is 4.22. The molecule has 0 spiro atoms. The summed E-state index contributed by atoms with van der Waals surface area (Å²) in [5.41, 5.74) is 2.37. The van der Waals surface area contributed by atoms with Gasteiger partial charge in [-0.25, -0.2) is 9.37 Å². The average molecular weight is 246 g/mol. The van der Waals surface area contributed by atoms with Gasteiger partial charge in [0.25, 0.3) is 0 Å². The molecular formula is C14H15FN2O. The number of aryl methyl sites for hydroxylation is 1. The highest BCUT2D eigenvalue weighted by Gasteiger charge is 2.21. The molecule has 1 saturated carbocycles. The second kappa shape index (κ2) is 4.53. The van der Waals surface area contributed by atoms with E-state index in [4.69, 9.17) is 4.42 Å². The van der Waals surface area contributed by atoms with Gasteiger partial charge in [-0.15, -0.1) is 0 Å². The van der Waals surface area contributed by atoms with Gasteiger partial charge in [-0.05, 0) is 43.5 Å². The van der Waals surface area contributed by atoms with Crippen LogP contribution in [0.15, 0.2) is 29.0 Å². The monoisotopic (exact) mass is 246 g/mol. The second-order valence-corrected chi connectivity index (χ2v) is 4.75. The molecule has 4 heteroatoms. The summed E-state index contributed by atoms with van der Waals surface area (Å²) in [5, 5.41) is 3.40. The molecule has 3 rings (SSSR count). The van der Waals surface area contributed by atoms with Crippen LogP contribution in [-0.2, 0) is 6.54 Å². The number of aromatic nitrogens is 1. The summed E-state index contributed by atoms with van der Waals surface area (Å²) in [6.07, 6.45) is 3.92. The fraction of sp³-hybridized carbons (Fsp3) is 0.357. The lowest BCUT2D eigenvalue weighted by Crippen LogP contribution is -2.15. The Labute approximate surface area is 105 Å². The van der Waals surface area contributed by atoms with Crippen molar-refractivity contribution in [2.45, 2.75) is 32.4 Å². The van der Waals surface area contributed by atoms with Gasteiger partial charge in [0.1, 0.15) is 11.5 Å². The summed E-state index contributed by atoms with van der Waals surface area (Å²) in [7, 11) is 0. The first-order valence-corrected chi connectivity index (χ1v) is 6.16. The zero-order chi connectivity index (χ0) is 12.5. The zero-order valence-electron chi connectivity index (χ0n) is 10.2. The second-order valence-electron chi connectivity index (χ2n) is 4.75. The first kappa shape index (κ1) is 11.4. The fourth-order valence-electron chi connectivity index (χ4n) is 1.94. The minimum Gasteiger partial charge on any atom is -0.443 e. The van der Waals surface area contributed by atoms with Gasteiger partial charge in [-0.1, -0.05) is 0 Å². The van der Waals surface area contributed by atoms with Crippen molar-refractivity contribution in [3.05, 3.63) is 41.7 Å². The first-order chi connectivity index (χ1) is 8.74. The Balaban J connectivity index is 1.85. The van der Waals surface area contributed by atoms with E-state index in [1.807, 2.05) is 0 Å². The maximum Gasteiger partial charge on any atom is 0.181 e. The number of nitrogens with one attached hydrogen (secondary N) is 1. The molecule has 0 bridgehead atoms. The topological polar surface area (TPSA) is 38.1 Å². The SMILES string of the molecule is Cc1cc(-c2ocnc2CNC2CC2)ccc1F. The van der Waals surface area contributed by atoms with Crippen LogP contribution in [0.4, 0.5) is 4.39 Å². The van der Waals surface area contributed by atoms with E-state index in [-0.39, 0.29) is 5.82 Å². The minimum absolute atomic E-state index is 0.198. The number of rotatable bonds is 4. The molecule has 0 unspecified atom stereocenters. The van der Waals surface area contributed by atoms with E-state index in [0.29, 0.717) is 18.2 Å². The van der Waals surface area contributed by atoms with Crippen LogP contribution in [0.5, 0.6) is 0 Å². The molecule has 94 valence electrons. The maximum atomic E-state index is 13.2. The molecule has 1 N–H and O–H groups in total. The van der Waals surface area contributed by atoms with Crippen LogP contribution in [0, 0.1) is 12.7 Å².